The second kappa shape index (κ2) is 9.46. The van der Waals surface area contributed by atoms with Crippen molar-refractivity contribution in [3.8, 4) is 0 Å². The van der Waals surface area contributed by atoms with Crippen LogP contribution in [0, 0.1) is 6.92 Å². The summed E-state index contributed by atoms with van der Waals surface area (Å²) < 4.78 is 230. The van der Waals surface area contributed by atoms with E-state index in [4.69, 9.17) is 0 Å². The van der Waals surface area contributed by atoms with E-state index < -0.39 is 65.2 Å². The van der Waals surface area contributed by atoms with Gasteiger partial charge in [-0.25, -0.2) is 4.79 Å². The molecule has 0 N–H and O–H groups in total. The Hall–Kier alpha value is -2.76. The predicted molar refractivity (Wildman–Crippen MR) is 92.2 cm³/mol. The largest absolute Gasteiger partial charge is 0.465 e. The Kier molecular flexibility index (Phi) is 8.28. The molecule has 0 saturated carbocycles. The number of esters is 1. The van der Waals surface area contributed by atoms with Crippen molar-refractivity contribution < 1.29 is 84.2 Å². The number of methoxy groups -OCH3 is 1. The highest BCUT2D eigenvalue weighted by Crippen LogP contribution is 2.64. The van der Waals surface area contributed by atoms with Crippen molar-refractivity contribution in [1.82, 2.24) is 0 Å². The molecule has 0 unspecified atom stereocenters. The third-order valence-corrected chi connectivity index (χ3v) is 4.89. The maximum absolute atomic E-state index is 13.9. The first kappa shape index (κ1) is 33.3. The van der Waals surface area contributed by atoms with E-state index in [0.29, 0.717) is 6.07 Å². The molecular formula is C19H11F17O2. The van der Waals surface area contributed by atoms with Crippen LogP contribution in [0.25, 0.3) is 6.08 Å². The van der Waals surface area contributed by atoms with Gasteiger partial charge in [-0.3, -0.25) is 0 Å². The fourth-order valence-electron chi connectivity index (χ4n) is 2.61. The van der Waals surface area contributed by atoms with E-state index in [9.17, 15) is 79.4 Å². The highest BCUT2D eigenvalue weighted by Gasteiger charge is 2.95. The Morgan fingerprint density at radius 1 is 0.658 bits per heavy atom. The number of ether oxygens (including phenoxy) is 1. The second-order valence-electron chi connectivity index (χ2n) is 7.47. The van der Waals surface area contributed by atoms with E-state index in [-0.39, 0.29) is 17.2 Å². The lowest BCUT2D eigenvalue weighted by Gasteiger charge is -2.42. The van der Waals surface area contributed by atoms with Crippen molar-refractivity contribution in [3.63, 3.8) is 0 Å². The quantitative estimate of drug-likeness (QED) is 0.216. The predicted octanol–water partition coefficient (Wildman–Crippen LogP) is 7.80. The zero-order chi connectivity index (χ0) is 30.6. The van der Waals surface area contributed by atoms with Gasteiger partial charge in [0.2, 0.25) is 0 Å². The molecular weight excluding hydrogens is 583 g/mol. The third kappa shape index (κ3) is 4.76. The molecule has 1 aromatic carbocycles. The molecule has 19 heteroatoms. The minimum atomic E-state index is -8.67. The number of carbonyl (C=O) groups excluding carboxylic acids is 1. The van der Waals surface area contributed by atoms with Gasteiger partial charge in [-0.1, -0.05) is 18.2 Å². The average molecular weight is 594 g/mol. The molecule has 0 aromatic heterocycles. The van der Waals surface area contributed by atoms with Gasteiger partial charge in [0.05, 0.1) is 12.7 Å². The summed E-state index contributed by atoms with van der Waals surface area (Å²) in [5, 5.41) is 0. The zero-order valence-corrected chi connectivity index (χ0v) is 18.1. The maximum Gasteiger partial charge on any atom is 0.460 e. The number of halogens is 17. The monoisotopic (exact) mass is 594 g/mol. The summed E-state index contributed by atoms with van der Waals surface area (Å²) in [6.45, 7) is 1.12. The topological polar surface area (TPSA) is 26.3 Å². The molecule has 0 aliphatic heterocycles. The van der Waals surface area contributed by atoms with Crippen molar-refractivity contribution in [2.45, 2.75) is 54.6 Å². The molecule has 38 heavy (non-hydrogen) atoms. The van der Waals surface area contributed by atoms with Crippen molar-refractivity contribution in [1.29, 1.82) is 0 Å². The van der Waals surface area contributed by atoms with Gasteiger partial charge in [0.15, 0.2) is 0 Å². The van der Waals surface area contributed by atoms with Crippen molar-refractivity contribution >= 4 is 12.0 Å². The Labute approximate surface area is 200 Å². The number of hydrogen-bond acceptors (Lipinski definition) is 2. The van der Waals surface area contributed by atoms with Crippen LogP contribution in [-0.2, 0) is 4.74 Å². The van der Waals surface area contributed by atoms with E-state index >= 15 is 0 Å². The Balaban J connectivity index is 3.57. The fraction of sp³-hybridized carbons (Fsp3) is 0.526. The van der Waals surface area contributed by atoms with Crippen LogP contribution in [0.5, 0.6) is 0 Å². The van der Waals surface area contributed by atoms with Gasteiger partial charge in [-0.05, 0) is 30.2 Å². The summed E-state index contributed by atoms with van der Waals surface area (Å²) >= 11 is 0. The minimum absolute atomic E-state index is 0.113. The molecule has 0 amide bonds. The highest BCUT2D eigenvalue weighted by molar-refractivity contribution is 5.91. The van der Waals surface area contributed by atoms with E-state index in [1.165, 1.54) is 0 Å². The van der Waals surface area contributed by atoms with E-state index in [1.54, 1.807) is 0 Å². The molecule has 0 aliphatic carbocycles. The second-order valence-corrected chi connectivity index (χ2v) is 7.47. The van der Waals surface area contributed by atoms with Crippen LogP contribution in [0.1, 0.15) is 21.5 Å². The maximum atomic E-state index is 13.9. The smallest absolute Gasteiger partial charge is 0.460 e. The summed E-state index contributed by atoms with van der Waals surface area (Å²) in [6.07, 6.45) is -9.28. The molecule has 0 bridgehead atoms. The van der Waals surface area contributed by atoms with Crippen molar-refractivity contribution in [3.05, 3.63) is 41.0 Å². The van der Waals surface area contributed by atoms with Gasteiger partial charge in [0.25, 0.3) is 0 Å². The summed E-state index contributed by atoms with van der Waals surface area (Å²) in [5.74, 6) is -57.9. The Bertz CT molecular complexity index is 1070. The molecule has 1 rings (SSSR count). The van der Waals surface area contributed by atoms with Gasteiger partial charge in [-0.2, -0.15) is 74.6 Å². The van der Waals surface area contributed by atoms with Crippen LogP contribution >= 0.6 is 0 Å². The number of benzene rings is 1. The van der Waals surface area contributed by atoms with Gasteiger partial charge >= 0.3 is 53.6 Å². The number of rotatable bonds is 9. The van der Waals surface area contributed by atoms with Gasteiger partial charge < -0.3 is 4.74 Å². The van der Waals surface area contributed by atoms with Gasteiger partial charge in [0, 0.05) is 0 Å². The van der Waals surface area contributed by atoms with E-state index in [0.717, 1.165) is 26.2 Å². The molecule has 1 aromatic rings. The molecule has 0 heterocycles. The summed E-state index contributed by atoms with van der Waals surface area (Å²) in [5.41, 5.74) is -0.979. The lowest BCUT2D eigenvalue weighted by atomic mass is 9.89. The van der Waals surface area contributed by atoms with Crippen LogP contribution in [0.3, 0.4) is 0 Å². The number of aryl methyl sites for hydroxylation is 1. The highest BCUT2D eigenvalue weighted by atomic mass is 19.4. The third-order valence-electron chi connectivity index (χ3n) is 4.89. The van der Waals surface area contributed by atoms with Crippen LogP contribution in [0.4, 0.5) is 74.6 Å². The van der Waals surface area contributed by atoms with E-state index in [2.05, 4.69) is 4.74 Å². The first-order valence-corrected chi connectivity index (χ1v) is 9.18. The summed E-state index contributed by atoms with van der Waals surface area (Å²) in [4.78, 5) is 11.4. The fourth-order valence-corrected chi connectivity index (χ4v) is 2.61. The first-order valence-electron chi connectivity index (χ1n) is 9.18. The van der Waals surface area contributed by atoms with Crippen LogP contribution in [0.15, 0.2) is 24.3 Å². The molecule has 2 nitrogen and oxygen atoms in total. The molecule has 0 radical (unpaired) electrons. The Morgan fingerprint density at radius 3 is 1.42 bits per heavy atom. The molecule has 0 fully saturated rings. The average Bonchev–Trinajstić information content (AvgIpc) is 2.75. The lowest BCUT2D eigenvalue weighted by molar-refractivity contribution is -0.459. The summed E-state index contributed by atoms with van der Waals surface area (Å²) in [7, 11) is 0.915. The van der Waals surface area contributed by atoms with Gasteiger partial charge in [-0.15, -0.1) is 0 Å². The van der Waals surface area contributed by atoms with Crippen LogP contribution < -0.4 is 0 Å². The van der Waals surface area contributed by atoms with Crippen LogP contribution in [0.2, 0.25) is 0 Å². The number of allylic oxidation sites excluding steroid dienone is 1. The van der Waals surface area contributed by atoms with E-state index in [1.807, 2.05) is 0 Å². The normalized spacial score (nSPS) is 15.2. The SMILES string of the molecule is COC(=O)c1ccc(/C=C/C(F)(F)C(F)(F)C(F)(F)C(F)(F)C(F)(F)C(F)(F)C(F)(F)C(F)(F)F)cc1C. The van der Waals surface area contributed by atoms with Crippen molar-refractivity contribution in [2.24, 2.45) is 0 Å². The zero-order valence-electron chi connectivity index (χ0n) is 18.1. The number of carbonyl (C=O) groups is 1. The molecule has 218 valence electrons. The molecule has 0 atom stereocenters. The molecule has 0 saturated heterocycles. The standard InChI is InChI=1S/C19H11F17O2/c1-8-7-9(3-4-10(8)11(37)38-2)5-6-12(20,21)13(22,23)14(24,25)15(26,27)16(28,29)17(30,31)18(32,33)19(34,35)36/h3-7H,1-2H3/b6-5+. The number of hydrogen-bond donors (Lipinski definition) is 0. The lowest BCUT2D eigenvalue weighted by Crippen LogP contribution is -2.74. The van der Waals surface area contributed by atoms with Crippen molar-refractivity contribution in [2.75, 3.05) is 7.11 Å². The first-order chi connectivity index (χ1) is 16.6. The Morgan fingerprint density at radius 2 is 1.05 bits per heavy atom. The summed E-state index contributed by atoms with van der Waals surface area (Å²) in [6, 6.07) is 2.26. The molecule has 0 aliphatic rings. The number of alkyl halides is 17. The minimum Gasteiger partial charge on any atom is -0.465 e. The van der Waals surface area contributed by atoms with Crippen LogP contribution in [-0.4, -0.2) is 60.7 Å². The molecule has 0 spiro atoms. The van der Waals surface area contributed by atoms with Gasteiger partial charge in [0.1, 0.15) is 0 Å².